The van der Waals surface area contributed by atoms with Gasteiger partial charge in [-0.2, -0.15) is 30.6 Å². The molecule has 0 aliphatic rings. The summed E-state index contributed by atoms with van der Waals surface area (Å²) < 4.78 is 26.6. The first-order valence-electron chi connectivity index (χ1n) is 32.7. The monoisotopic (exact) mass is 1370 g/mol. The SMILES string of the molecule is Cn1cc(-c2cn3ncc(-c4ccc(CC(=O)Nc5cc(C(C)(C)C)on5)cc4)c3cn2)cn1.Cn1cc(-c2cnn3c(-c4ccc(CC(=O)Nc5cc(C(C)(C)C)on5)cc4)cnc3c2)cn1.Cn1cc(-c2cnn3c(-c4ccc(CC(=O)Nc5cc(C(C)(C)C)on5)cn4)cnc3c2)cn1. The first-order chi connectivity index (χ1) is 48.8. The number of carbonyl (C=O) groups is 3. The molecule has 13 aromatic heterocycles. The van der Waals surface area contributed by atoms with Gasteiger partial charge in [0.15, 0.2) is 28.7 Å². The van der Waals surface area contributed by atoms with Crippen molar-refractivity contribution in [3.8, 4) is 67.3 Å². The van der Waals surface area contributed by atoms with Crippen LogP contribution in [0.25, 0.3) is 84.1 Å². The quantitative estimate of drug-likeness (QED) is 0.0858. The van der Waals surface area contributed by atoms with E-state index in [4.69, 9.17) is 13.6 Å². The maximum atomic E-state index is 12.5. The Morgan fingerprint density at radius 2 is 0.784 bits per heavy atom. The number of hydrogen-bond acceptors (Lipinski definition) is 19. The van der Waals surface area contributed by atoms with E-state index in [1.165, 1.54) is 0 Å². The van der Waals surface area contributed by atoms with Crippen molar-refractivity contribution in [3.05, 3.63) is 212 Å². The molecule has 3 amide bonds. The summed E-state index contributed by atoms with van der Waals surface area (Å²) in [4.78, 5) is 55.4. The Morgan fingerprint density at radius 1 is 0.373 bits per heavy atom. The molecule has 0 unspecified atom stereocenters. The summed E-state index contributed by atoms with van der Waals surface area (Å²) in [6, 6.07) is 28.6. The van der Waals surface area contributed by atoms with Gasteiger partial charge in [0.2, 0.25) is 17.7 Å². The fourth-order valence-electron chi connectivity index (χ4n) is 10.8. The molecule has 0 saturated heterocycles. The van der Waals surface area contributed by atoms with Gasteiger partial charge < -0.3 is 29.5 Å². The first-order valence-corrected chi connectivity index (χ1v) is 32.7. The Morgan fingerprint density at radius 3 is 1.22 bits per heavy atom. The second-order valence-electron chi connectivity index (χ2n) is 27.8. The largest absolute Gasteiger partial charge is 0.359 e. The third-order valence-electron chi connectivity index (χ3n) is 16.5. The average Bonchev–Trinajstić information content (AvgIpc) is 1.64. The number of fused-ring (bicyclic) bond motifs is 3. The number of aryl methyl sites for hydroxylation is 3. The van der Waals surface area contributed by atoms with Crippen LogP contribution >= 0.6 is 0 Å². The van der Waals surface area contributed by atoms with Crippen LogP contribution in [0.2, 0.25) is 0 Å². The normalized spacial score (nSPS) is 11.8. The van der Waals surface area contributed by atoms with Crippen molar-refractivity contribution in [2.24, 2.45) is 21.1 Å². The van der Waals surface area contributed by atoms with Crippen LogP contribution in [0.15, 0.2) is 191 Å². The number of carbonyl (C=O) groups excluding carboxylic acids is 3. The summed E-state index contributed by atoms with van der Waals surface area (Å²) in [5, 5.41) is 46.4. The molecule has 0 bridgehead atoms. The van der Waals surface area contributed by atoms with E-state index >= 15 is 0 Å². The molecule has 0 spiro atoms. The predicted octanol–water partition coefficient (Wildman–Crippen LogP) is 12.2. The summed E-state index contributed by atoms with van der Waals surface area (Å²) in [6.07, 6.45) is 26.1. The zero-order valence-corrected chi connectivity index (χ0v) is 58.3. The lowest BCUT2D eigenvalue weighted by Gasteiger charge is -2.12. The molecule has 15 rings (SSSR count). The van der Waals surface area contributed by atoms with Gasteiger partial charge in [-0.1, -0.05) is 132 Å². The highest BCUT2D eigenvalue weighted by Crippen LogP contribution is 2.31. The third-order valence-corrected chi connectivity index (χ3v) is 16.5. The molecular weight excluding hydrogens is 1290 g/mol. The number of imidazole rings is 2. The van der Waals surface area contributed by atoms with E-state index in [9.17, 15) is 14.4 Å². The van der Waals surface area contributed by atoms with Gasteiger partial charge in [0.25, 0.3) is 0 Å². The van der Waals surface area contributed by atoms with E-state index in [1.54, 1.807) is 84.7 Å². The summed E-state index contributed by atoms with van der Waals surface area (Å²) in [7, 11) is 5.63. The zero-order chi connectivity index (χ0) is 71.6. The molecule has 2 aromatic carbocycles. The lowest BCUT2D eigenvalue weighted by molar-refractivity contribution is -0.116. The lowest BCUT2D eigenvalue weighted by atomic mass is 9.93. The Kier molecular flexibility index (Phi) is 18.4. The van der Waals surface area contributed by atoms with E-state index in [0.29, 0.717) is 34.6 Å². The number of pyridine rings is 1. The maximum absolute atomic E-state index is 12.5. The van der Waals surface area contributed by atoms with Crippen LogP contribution < -0.4 is 16.0 Å². The summed E-state index contributed by atoms with van der Waals surface area (Å²) >= 11 is 0. The van der Waals surface area contributed by atoms with Gasteiger partial charge in [0.1, 0.15) is 23.0 Å². The molecule has 102 heavy (non-hydrogen) atoms. The Bertz CT molecular complexity index is 4950. The molecule has 28 heteroatoms. The van der Waals surface area contributed by atoms with Crippen LogP contribution in [0, 0.1) is 0 Å². The Balaban J connectivity index is 0.000000137. The molecule has 13 heterocycles. The van der Waals surface area contributed by atoms with Gasteiger partial charge in [0, 0.05) is 119 Å². The van der Waals surface area contributed by atoms with Crippen molar-refractivity contribution in [1.82, 2.24) is 93.6 Å². The molecule has 28 nitrogen and oxygen atoms in total. The maximum Gasteiger partial charge on any atom is 0.230 e. The van der Waals surface area contributed by atoms with Gasteiger partial charge in [-0.15, -0.1) is 0 Å². The number of nitrogens with zero attached hydrogens (tertiary/aromatic N) is 19. The van der Waals surface area contributed by atoms with Crippen molar-refractivity contribution >= 4 is 52.0 Å². The molecule has 0 saturated carbocycles. The molecule has 0 radical (unpaired) electrons. The summed E-state index contributed by atoms with van der Waals surface area (Å²) in [5.41, 5.74) is 15.3. The van der Waals surface area contributed by atoms with E-state index in [2.05, 4.69) is 81.9 Å². The van der Waals surface area contributed by atoms with E-state index in [1.807, 2.05) is 204 Å². The van der Waals surface area contributed by atoms with Crippen molar-refractivity contribution in [1.29, 1.82) is 0 Å². The van der Waals surface area contributed by atoms with E-state index in [-0.39, 0.29) is 53.2 Å². The van der Waals surface area contributed by atoms with Crippen molar-refractivity contribution in [2.75, 3.05) is 16.0 Å². The zero-order valence-electron chi connectivity index (χ0n) is 58.3. The minimum atomic E-state index is -0.192. The number of aromatic nitrogens is 19. The van der Waals surface area contributed by atoms with Crippen LogP contribution in [-0.4, -0.2) is 111 Å². The van der Waals surface area contributed by atoms with Crippen LogP contribution in [-0.2, 0) is 71.0 Å². The van der Waals surface area contributed by atoms with E-state index < -0.39 is 0 Å². The topological polar surface area (TPSA) is 322 Å². The van der Waals surface area contributed by atoms with Crippen LogP contribution in [0.3, 0.4) is 0 Å². The van der Waals surface area contributed by atoms with Gasteiger partial charge in [-0.3, -0.25) is 38.4 Å². The molecule has 0 aliphatic heterocycles. The minimum Gasteiger partial charge on any atom is -0.359 e. The molecule has 0 aliphatic carbocycles. The smallest absolute Gasteiger partial charge is 0.230 e. The highest BCUT2D eigenvalue weighted by molar-refractivity contribution is 5.93. The predicted molar refractivity (Wildman–Crippen MR) is 382 cm³/mol. The lowest BCUT2D eigenvalue weighted by Crippen LogP contribution is -2.15. The molecule has 516 valence electrons. The van der Waals surface area contributed by atoms with Crippen molar-refractivity contribution in [2.45, 2.75) is 97.8 Å². The third kappa shape index (κ3) is 15.7. The van der Waals surface area contributed by atoms with Gasteiger partial charge in [0.05, 0.1) is 104 Å². The second-order valence-corrected chi connectivity index (χ2v) is 27.8. The molecule has 0 atom stereocenters. The molecule has 15 aromatic rings. The summed E-state index contributed by atoms with van der Waals surface area (Å²) in [6.45, 7) is 18.2. The minimum absolute atomic E-state index is 0.148. The standard InChI is InChI=1S/2C25H25N7O2.C24H24N8O2/c1-25(2,3)22-10-23(30-34-22)29-24(33)9-16-5-7-17(8-6-16)19-12-28-32-15-20(26-13-21(19)32)18-11-27-31(4)14-18;1-25(2,3)21-11-22(30-34-21)29-24(33)9-16-5-7-17(8-6-16)20-14-26-23-10-18(12-28-32(20)23)19-13-27-31(4)15-19;1-24(2,3)20-9-21(30-34-20)29-23(33)7-15-5-6-18(25-10-15)19-13-26-22-8-16(11-28-32(19)22)17-12-27-31(4)14-17/h2*5-8,10-15H,9H2,1-4H3,(H,29,30,33);5-6,8-14H,7H2,1-4H3,(H,29,30,33). The average molecular weight is 1370 g/mol. The molecular formula is C74H74N22O6. The number of hydrogen-bond donors (Lipinski definition) is 3. The molecule has 3 N–H and O–H groups in total. The van der Waals surface area contributed by atoms with Gasteiger partial charge in [-0.05, 0) is 40.5 Å². The summed E-state index contributed by atoms with van der Waals surface area (Å²) in [5.74, 6) is 2.92. The Hall–Kier alpha value is -12.9. The number of anilines is 3. The number of benzene rings is 2. The second kappa shape index (κ2) is 27.8. The van der Waals surface area contributed by atoms with Crippen LogP contribution in [0.1, 0.15) is 96.3 Å². The highest BCUT2D eigenvalue weighted by Gasteiger charge is 2.24. The first kappa shape index (κ1) is 67.7. The van der Waals surface area contributed by atoms with Crippen LogP contribution in [0.5, 0.6) is 0 Å². The van der Waals surface area contributed by atoms with Gasteiger partial charge >= 0.3 is 0 Å². The van der Waals surface area contributed by atoms with Crippen LogP contribution in [0.4, 0.5) is 17.5 Å². The number of nitrogens with one attached hydrogen (secondary N) is 3. The van der Waals surface area contributed by atoms with Gasteiger partial charge in [-0.25, -0.2) is 23.5 Å². The fourth-order valence-corrected chi connectivity index (χ4v) is 10.8. The highest BCUT2D eigenvalue weighted by atomic mass is 16.5. The fraction of sp³-hybridized carbons (Fsp3) is 0.243. The van der Waals surface area contributed by atoms with Crippen molar-refractivity contribution < 1.29 is 28.0 Å². The van der Waals surface area contributed by atoms with E-state index in [0.717, 1.165) is 101 Å². The number of amides is 3. The van der Waals surface area contributed by atoms with Crippen molar-refractivity contribution in [3.63, 3.8) is 0 Å². The number of rotatable bonds is 15. The Labute approximate surface area is 584 Å². The molecule has 0 fully saturated rings.